The Bertz CT molecular complexity index is 676. The molecule has 0 aliphatic rings. The maximum Gasteiger partial charge on any atom is 0.263 e. The first-order valence-corrected chi connectivity index (χ1v) is 7.16. The number of pyridine rings is 1. The fourth-order valence-electron chi connectivity index (χ4n) is 1.30. The minimum atomic E-state index is -3.76. The number of sulfonamides is 1. The maximum absolute atomic E-state index is 12.9. The molecule has 0 saturated carbocycles. The molecule has 0 aliphatic heterocycles. The van der Waals surface area contributed by atoms with Crippen LogP contribution in [0.15, 0.2) is 51.8 Å². The van der Waals surface area contributed by atoms with Gasteiger partial charge in [0.2, 0.25) is 5.95 Å². The zero-order chi connectivity index (χ0) is 13.2. The van der Waals surface area contributed by atoms with Crippen LogP contribution < -0.4 is 4.72 Å². The fraction of sp³-hybridized carbons (Fsp3) is 0. The number of anilines is 1. The van der Waals surface area contributed by atoms with Gasteiger partial charge in [0.1, 0.15) is 5.82 Å². The van der Waals surface area contributed by atoms with E-state index in [1.54, 1.807) is 12.1 Å². The van der Waals surface area contributed by atoms with Gasteiger partial charge in [0.25, 0.3) is 10.0 Å². The summed E-state index contributed by atoms with van der Waals surface area (Å²) < 4.78 is 39.6. The normalized spacial score (nSPS) is 11.2. The lowest BCUT2D eigenvalue weighted by Gasteiger charge is -2.07. The van der Waals surface area contributed by atoms with Gasteiger partial charge < -0.3 is 0 Å². The molecule has 1 aromatic carbocycles. The van der Waals surface area contributed by atoms with E-state index in [9.17, 15) is 12.8 Å². The van der Waals surface area contributed by atoms with Gasteiger partial charge in [0.05, 0.1) is 4.90 Å². The van der Waals surface area contributed by atoms with Gasteiger partial charge in [0, 0.05) is 4.47 Å². The summed E-state index contributed by atoms with van der Waals surface area (Å²) in [6.45, 7) is 0. The topological polar surface area (TPSA) is 59.1 Å². The molecule has 1 heterocycles. The third-order valence-electron chi connectivity index (χ3n) is 2.06. The molecule has 0 amide bonds. The molecule has 0 radical (unpaired) electrons. The van der Waals surface area contributed by atoms with Crippen molar-refractivity contribution in [2.75, 3.05) is 4.72 Å². The first kappa shape index (κ1) is 13.0. The van der Waals surface area contributed by atoms with Crippen molar-refractivity contribution in [3.8, 4) is 0 Å². The van der Waals surface area contributed by atoms with Gasteiger partial charge in [-0.1, -0.05) is 28.1 Å². The monoisotopic (exact) mass is 330 g/mol. The summed E-state index contributed by atoms with van der Waals surface area (Å²) in [5.74, 6) is -0.806. The molecule has 2 aromatic rings. The second-order valence-electron chi connectivity index (χ2n) is 3.41. The van der Waals surface area contributed by atoms with Crippen LogP contribution in [-0.4, -0.2) is 13.4 Å². The minimum absolute atomic E-state index is 0.0602. The smallest absolute Gasteiger partial charge is 0.263 e. The Morgan fingerprint density at radius 3 is 2.56 bits per heavy atom. The lowest BCUT2D eigenvalue weighted by Crippen LogP contribution is -2.14. The Hall–Kier alpha value is -1.47. The van der Waals surface area contributed by atoms with Crippen molar-refractivity contribution in [3.05, 3.63) is 52.9 Å². The first-order chi connectivity index (χ1) is 8.47. The maximum atomic E-state index is 12.9. The second-order valence-corrected chi connectivity index (χ2v) is 6.01. The van der Waals surface area contributed by atoms with Gasteiger partial charge in [-0.25, -0.2) is 13.4 Å². The van der Waals surface area contributed by atoms with Crippen LogP contribution in [0.4, 0.5) is 10.2 Å². The van der Waals surface area contributed by atoms with Crippen LogP contribution in [0.5, 0.6) is 0 Å². The van der Waals surface area contributed by atoms with Crippen LogP contribution in [0, 0.1) is 5.95 Å². The van der Waals surface area contributed by atoms with Crippen LogP contribution >= 0.6 is 15.9 Å². The molecule has 0 saturated heterocycles. The Labute approximate surface area is 112 Å². The molecule has 0 aliphatic carbocycles. The highest BCUT2D eigenvalue weighted by Gasteiger charge is 2.15. The van der Waals surface area contributed by atoms with E-state index in [4.69, 9.17) is 0 Å². The largest absolute Gasteiger partial charge is 0.263 e. The second kappa shape index (κ2) is 5.03. The van der Waals surface area contributed by atoms with E-state index in [1.807, 2.05) is 0 Å². The number of nitrogens with one attached hydrogen (secondary N) is 1. The molecule has 0 atom stereocenters. The van der Waals surface area contributed by atoms with Crippen molar-refractivity contribution < 1.29 is 12.8 Å². The van der Waals surface area contributed by atoms with E-state index >= 15 is 0 Å². The molecule has 7 heteroatoms. The number of rotatable bonds is 3. The van der Waals surface area contributed by atoms with Crippen molar-refractivity contribution in [1.82, 2.24) is 4.98 Å². The van der Waals surface area contributed by atoms with E-state index in [1.165, 1.54) is 24.3 Å². The van der Waals surface area contributed by atoms with E-state index in [0.29, 0.717) is 4.47 Å². The Morgan fingerprint density at radius 2 is 1.89 bits per heavy atom. The Balaban J connectivity index is 2.33. The highest BCUT2D eigenvalue weighted by atomic mass is 79.9. The molecule has 0 fully saturated rings. The fourth-order valence-corrected chi connectivity index (χ4v) is 2.89. The van der Waals surface area contributed by atoms with Crippen LogP contribution in [0.3, 0.4) is 0 Å². The summed E-state index contributed by atoms with van der Waals surface area (Å²) in [5, 5.41) is 0. The predicted molar refractivity (Wildman–Crippen MR) is 69.1 cm³/mol. The van der Waals surface area contributed by atoms with Crippen molar-refractivity contribution in [2.45, 2.75) is 4.90 Å². The van der Waals surface area contributed by atoms with Crippen LogP contribution in [0.2, 0.25) is 0 Å². The summed E-state index contributed by atoms with van der Waals surface area (Å²) in [7, 11) is -3.76. The summed E-state index contributed by atoms with van der Waals surface area (Å²) in [4.78, 5) is 3.51. The Morgan fingerprint density at radius 1 is 1.17 bits per heavy atom. The van der Waals surface area contributed by atoms with Crippen molar-refractivity contribution >= 4 is 31.8 Å². The van der Waals surface area contributed by atoms with Crippen LogP contribution in [0.25, 0.3) is 0 Å². The van der Waals surface area contributed by atoms with Gasteiger partial charge in [-0.3, -0.25) is 4.72 Å². The summed E-state index contributed by atoms with van der Waals surface area (Å²) >= 11 is 3.18. The number of hydrogen-bond acceptors (Lipinski definition) is 3. The van der Waals surface area contributed by atoms with E-state index in [0.717, 1.165) is 6.07 Å². The number of aromatic nitrogens is 1. The highest BCUT2D eigenvalue weighted by Crippen LogP contribution is 2.18. The SMILES string of the molecule is O=S(=O)(Nc1cccc(F)n1)c1cccc(Br)c1. The highest BCUT2D eigenvalue weighted by molar-refractivity contribution is 9.10. The zero-order valence-electron chi connectivity index (χ0n) is 8.97. The molecule has 2 rings (SSSR count). The molecular weight excluding hydrogens is 323 g/mol. The molecule has 1 aromatic heterocycles. The Kier molecular flexibility index (Phi) is 3.63. The number of halogens is 2. The molecule has 0 spiro atoms. The van der Waals surface area contributed by atoms with Crippen molar-refractivity contribution in [1.29, 1.82) is 0 Å². The molecule has 4 nitrogen and oxygen atoms in total. The zero-order valence-corrected chi connectivity index (χ0v) is 11.4. The number of benzene rings is 1. The third-order valence-corrected chi connectivity index (χ3v) is 3.91. The van der Waals surface area contributed by atoms with Gasteiger partial charge in [-0.2, -0.15) is 4.39 Å². The summed E-state index contributed by atoms with van der Waals surface area (Å²) in [6.07, 6.45) is 0. The molecule has 1 N–H and O–H groups in total. The first-order valence-electron chi connectivity index (χ1n) is 4.88. The minimum Gasteiger partial charge on any atom is -0.263 e. The molecule has 0 unspecified atom stereocenters. The average molecular weight is 331 g/mol. The predicted octanol–water partition coefficient (Wildman–Crippen LogP) is 2.78. The van der Waals surface area contributed by atoms with Crippen LogP contribution in [0.1, 0.15) is 0 Å². The molecule has 0 bridgehead atoms. The van der Waals surface area contributed by atoms with E-state index in [-0.39, 0.29) is 10.7 Å². The van der Waals surface area contributed by atoms with Gasteiger partial charge in [-0.15, -0.1) is 0 Å². The number of nitrogens with zero attached hydrogens (tertiary/aromatic N) is 1. The van der Waals surface area contributed by atoms with Crippen molar-refractivity contribution in [3.63, 3.8) is 0 Å². The van der Waals surface area contributed by atoms with Gasteiger partial charge in [-0.05, 0) is 30.3 Å². The van der Waals surface area contributed by atoms with Crippen LogP contribution in [-0.2, 0) is 10.0 Å². The van der Waals surface area contributed by atoms with Gasteiger partial charge >= 0.3 is 0 Å². The number of hydrogen-bond donors (Lipinski definition) is 1. The summed E-state index contributed by atoms with van der Waals surface area (Å²) in [6, 6.07) is 10.1. The van der Waals surface area contributed by atoms with Crippen molar-refractivity contribution in [2.24, 2.45) is 0 Å². The summed E-state index contributed by atoms with van der Waals surface area (Å²) in [5.41, 5.74) is 0. The quantitative estimate of drug-likeness (QED) is 0.880. The lowest BCUT2D eigenvalue weighted by atomic mass is 10.4. The standard InChI is InChI=1S/C11H8BrFN2O2S/c12-8-3-1-4-9(7-8)18(16,17)15-11-6-2-5-10(13)14-11/h1-7H,(H,14,15). The lowest BCUT2D eigenvalue weighted by molar-refractivity contribution is 0.584. The van der Waals surface area contributed by atoms with E-state index < -0.39 is 16.0 Å². The molecule has 94 valence electrons. The molecular formula is C11H8BrFN2O2S. The third kappa shape index (κ3) is 3.05. The van der Waals surface area contributed by atoms with E-state index in [2.05, 4.69) is 25.6 Å². The average Bonchev–Trinajstić information content (AvgIpc) is 2.28. The van der Waals surface area contributed by atoms with Gasteiger partial charge in [0.15, 0.2) is 0 Å². The molecule has 18 heavy (non-hydrogen) atoms.